The lowest BCUT2D eigenvalue weighted by Crippen LogP contribution is -2.30. The van der Waals surface area contributed by atoms with Crippen molar-refractivity contribution in [3.63, 3.8) is 0 Å². The van der Waals surface area contributed by atoms with E-state index >= 15 is 0 Å². The molecule has 12 heteroatoms. The quantitative estimate of drug-likeness (QED) is 0.0197. The van der Waals surface area contributed by atoms with E-state index in [4.69, 9.17) is 23.3 Å². The Morgan fingerprint density at radius 3 is 1.03 bits per heavy atom. The molecule has 0 aliphatic rings. The van der Waals surface area contributed by atoms with Gasteiger partial charge in [-0.3, -0.25) is 23.4 Å². The molecule has 0 aromatic rings. The van der Waals surface area contributed by atoms with Gasteiger partial charge in [-0.25, -0.2) is 4.57 Å². The van der Waals surface area contributed by atoms with Crippen molar-refractivity contribution in [1.82, 2.24) is 0 Å². The molecule has 0 radical (unpaired) electrons. The van der Waals surface area contributed by atoms with Crippen LogP contribution in [0.25, 0.3) is 0 Å². The lowest BCUT2D eigenvalue weighted by atomic mass is 10.1. The van der Waals surface area contributed by atoms with Gasteiger partial charge in [0, 0.05) is 19.3 Å². The first-order chi connectivity index (χ1) is 33.2. The topological polar surface area (TPSA) is 155 Å². The minimum Gasteiger partial charge on any atom is -0.462 e. The van der Waals surface area contributed by atoms with Crippen LogP contribution >= 0.6 is 7.82 Å². The van der Waals surface area contributed by atoms with Crippen LogP contribution in [0.5, 0.6) is 0 Å². The standard InChI is InChI=1S/C56H105O11P/c1-4-7-10-13-16-19-22-24-25-26-27-29-32-35-38-41-44-47-56(60)67-53(49-63-54(58)45-42-39-36-33-31-28-23-20-17-14-11-8-5-2)51-65-68(61,62)64-50-52(48-57)66-55(59)46-43-40-37-34-30-21-18-15-12-9-6-3/h20,23-25,52-53,57H,4-19,21-22,26-51H2,1-3H3,(H,61,62)/b23-20-,25-24-. The molecule has 0 aliphatic carbocycles. The van der Waals surface area contributed by atoms with Gasteiger partial charge in [0.25, 0.3) is 0 Å². The fraction of sp³-hybridized carbons (Fsp3) is 0.875. The van der Waals surface area contributed by atoms with E-state index in [0.29, 0.717) is 19.3 Å². The van der Waals surface area contributed by atoms with Crippen LogP contribution < -0.4 is 0 Å². The highest BCUT2D eigenvalue weighted by Gasteiger charge is 2.28. The molecule has 0 saturated carbocycles. The molecule has 0 fully saturated rings. The van der Waals surface area contributed by atoms with Gasteiger partial charge in [0.1, 0.15) is 12.7 Å². The van der Waals surface area contributed by atoms with Gasteiger partial charge < -0.3 is 24.2 Å². The molecule has 0 rings (SSSR count). The van der Waals surface area contributed by atoms with Crippen LogP contribution in [0.4, 0.5) is 0 Å². The van der Waals surface area contributed by atoms with Crippen molar-refractivity contribution < 1.29 is 52.2 Å². The van der Waals surface area contributed by atoms with Gasteiger partial charge in [-0.2, -0.15) is 0 Å². The molecular weight excluding hydrogens is 880 g/mol. The molecule has 0 bridgehead atoms. The van der Waals surface area contributed by atoms with E-state index in [1.807, 2.05) is 0 Å². The average molecular weight is 985 g/mol. The Balaban J connectivity index is 4.71. The molecule has 0 saturated heterocycles. The number of unbranched alkanes of at least 4 members (excludes halogenated alkanes) is 32. The predicted molar refractivity (Wildman–Crippen MR) is 280 cm³/mol. The second-order valence-electron chi connectivity index (χ2n) is 19.1. The van der Waals surface area contributed by atoms with Gasteiger partial charge in [-0.05, 0) is 70.6 Å². The number of hydrogen-bond acceptors (Lipinski definition) is 10. The number of rotatable bonds is 53. The number of esters is 3. The van der Waals surface area contributed by atoms with Crippen molar-refractivity contribution in [3.8, 4) is 0 Å². The van der Waals surface area contributed by atoms with Crippen molar-refractivity contribution >= 4 is 25.7 Å². The summed E-state index contributed by atoms with van der Waals surface area (Å²) in [5, 5.41) is 9.78. The van der Waals surface area contributed by atoms with Crippen LogP contribution in [-0.2, 0) is 42.2 Å². The summed E-state index contributed by atoms with van der Waals surface area (Å²) in [6.07, 6.45) is 49.9. The van der Waals surface area contributed by atoms with Gasteiger partial charge in [-0.15, -0.1) is 0 Å². The maximum atomic E-state index is 12.9. The smallest absolute Gasteiger partial charge is 0.462 e. The number of phosphoric ester groups is 1. The first-order valence-electron chi connectivity index (χ1n) is 28.2. The van der Waals surface area contributed by atoms with Crippen LogP contribution in [0.15, 0.2) is 24.3 Å². The molecule has 0 aliphatic heterocycles. The van der Waals surface area contributed by atoms with Crippen LogP contribution in [0.1, 0.15) is 278 Å². The lowest BCUT2D eigenvalue weighted by molar-refractivity contribution is -0.161. The van der Waals surface area contributed by atoms with Gasteiger partial charge in [0.05, 0.1) is 19.8 Å². The molecule has 11 nitrogen and oxygen atoms in total. The van der Waals surface area contributed by atoms with Crippen molar-refractivity contribution in [1.29, 1.82) is 0 Å². The molecule has 400 valence electrons. The summed E-state index contributed by atoms with van der Waals surface area (Å²) < 4.78 is 39.4. The molecule has 0 aromatic heterocycles. The first-order valence-corrected chi connectivity index (χ1v) is 29.7. The normalized spacial score (nSPS) is 13.5. The predicted octanol–water partition coefficient (Wildman–Crippen LogP) is 16.3. The van der Waals surface area contributed by atoms with Gasteiger partial charge in [0.2, 0.25) is 0 Å². The highest BCUT2D eigenvalue weighted by molar-refractivity contribution is 7.47. The average Bonchev–Trinajstić information content (AvgIpc) is 3.32. The van der Waals surface area contributed by atoms with E-state index in [9.17, 15) is 28.9 Å². The van der Waals surface area contributed by atoms with Crippen molar-refractivity contribution in [3.05, 3.63) is 24.3 Å². The van der Waals surface area contributed by atoms with Crippen LogP contribution in [-0.4, -0.2) is 66.5 Å². The Morgan fingerprint density at radius 1 is 0.397 bits per heavy atom. The lowest BCUT2D eigenvalue weighted by Gasteiger charge is -2.21. The third-order valence-electron chi connectivity index (χ3n) is 12.3. The number of aliphatic hydroxyl groups is 1. The van der Waals surface area contributed by atoms with E-state index < -0.39 is 57.8 Å². The van der Waals surface area contributed by atoms with E-state index in [2.05, 4.69) is 45.1 Å². The molecule has 3 unspecified atom stereocenters. The number of ether oxygens (including phenoxy) is 3. The fourth-order valence-corrected chi connectivity index (χ4v) is 8.78. The third-order valence-corrected chi connectivity index (χ3v) is 13.3. The number of allylic oxidation sites excluding steroid dienone is 4. The molecular formula is C56H105O11P. The minimum atomic E-state index is -4.74. The zero-order valence-electron chi connectivity index (χ0n) is 44.1. The Kier molecular flexibility index (Phi) is 49.8. The van der Waals surface area contributed by atoms with Gasteiger partial charge in [0.15, 0.2) is 6.10 Å². The van der Waals surface area contributed by atoms with Crippen molar-refractivity contribution in [2.45, 2.75) is 290 Å². The Hall–Kier alpha value is -2.04. The van der Waals surface area contributed by atoms with E-state index in [0.717, 1.165) is 83.5 Å². The number of phosphoric acid groups is 1. The summed E-state index contributed by atoms with van der Waals surface area (Å²) in [6, 6.07) is 0. The number of hydrogen-bond donors (Lipinski definition) is 2. The second-order valence-corrected chi connectivity index (χ2v) is 20.6. The molecule has 68 heavy (non-hydrogen) atoms. The van der Waals surface area contributed by atoms with E-state index in [1.165, 1.54) is 135 Å². The summed E-state index contributed by atoms with van der Waals surface area (Å²) in [6.45, 7) is 4.63. The summed E-state index contributed by atoms with van der Waals surface area (Å²) in [5.74, 6) is -1.46. The zero-order chi connectivity index (χ0) is 49.9. The molecule has 3 atom stereocenters. The molecule has 0 heterocycles. The van der Waals surface area contributed by atoms with Crippen molar-refractivity contribution in [2.24, 2.45) is 0 Å². The number of carbonyl (C=O) groups excluding carboxylic acids is 3. The monoisotopic (exact) mass is 985 g/mol. The van der Waals surface area contributed by atoms with E-state index in [-0.39, 0.29) is 25.9 Å². The minimum absolute atomic E-state index is 0.165. The summed E-state index contributed by atoms with van der Waals surface area (Å²) >= 11 is 0. The molecule has 0 spiro atoms. The largest absolute Gasteiger partial charge is 0.472 e. The van der Waals surface area contributed by atoms with Gasteiger partial charge >= 0.3 is 25.7 Å². The molecule has 2 N–H and O–H groups in total. The SMILES string of the molecule is CCCCCC/C=C\CCCCCCCC(=O)OCC(COP(=O)(O)OCC(CO)OC(=O)CCCCCCCCCCCCC)OC(=O)CCCCCCCCC/C=C\CCCCCCCC. The maximum Gasteiger partial charge on any atom is 0.472 e. The summed E-state index contributed by atoms with van der Waals surface area (Å²) in [7, 11) is -4.74. The molecule has 0 aromatic carbocycles. The van der Waals surface area contributed by atoms with Crippen LogP contribution in [0, 0.1) is 0 Å². The maximum absolute atomic E-state index is 12.9. The van der Waals surface area contributed by atoms with Crippen molar-refractivity contribution in [2.75, 3.05) is 26.4 Å². The Bertz CT molecular complexity index is 1240. The summed E-state index contributed by atoms with van der Waals surface area (Å²) in [4.78, 5) is 48.4. The Labute approximate surface area is 417 Å². The molecule has 0 amide bonds. The van der Waals surface area contributed by atoms with E-state index in [1.54, 1.807) is 0 Å². The second kappa shape index (κ2) is 51.3. The fourth-order valence-electron chi connectivity index (χ4n) is 7.99. The first kappa shape index (κ1) is 66.0. The van der Waals surface area contributed by atoms with Crippen LogP contribution in [0.2, 0.25) is 0 Å². The Morgan fingerprint density at radius 2 is 0.676 bits per heavy atom. The summed E-state index contributed by atoms with van der Waals surface area (Å²) in [5.41, 5.74) is 0. The van der Waals surface area contributed by atoms with Gasteiger partial charge in [-0.1, -0.05) is 212 Å². The highest BCUT2D eigenvalue weighted by atomic mass is 31.2. The van der Waals surface area contributed by atoms with Crippen LogP contribution in [0.3, 0.4) is 0 Å². The highest BCUT2D eigenvalue weighted by Crippen LogP contribution is 2.43. The third kappa shape index (κ3) is 49.0. The zero-order valence-corrected chi connectivity index (χ0v) is 45.0. The number of aliphatic hydroxyl groups excluding tert-OH is 1. The number of carbonyl (C=O) groups is 3.